The van der Waals surface area contributed by atoms with Crippen molar-refractivity contribution in [3.8, 4) is 0 Å². The average molecular weight is 441 g/mol. The van der Waals surface area contributed by atoms with Gasteiger partial charge in [0.15, 0.2) is 0 Å². The summed E-state index contributed by atoms with van der Waals surface area (Å²) in [6.07, 6.45) is 0. The lowest BCUT2D eigenvalue weighted by Gasteiger charge is -2.13. The number of anilines is 2. The Labute approximate surface area is 159 Å². The van der Waals surface area contributed by atoms with Crippen molar-refractivity contribution in [1.29, 1.82) is 0 Å². The van der Waals surface area contributed by atoms with Gasteiger partial charge < -0.3 is 5.32 Å². The van der Waals surface area contributed by atoms with E-state index in [4.69, 9.17) is 0 Å². The predicted octanol–water partition coefficient (Wildman–Crippen LogP) is 4.24. The maximum atomic E-state index is 12.7. The van der Waals surface area contributed by atoms with Crippen LogP contribution in [-0.4, -0.2) is 20.1 Å². The Morgan fingerprint density at radius 3 is 2.72 bits per heavy atom. The topological polar surface area (TPSA) is 75.3 Å². The van der Waals surface area contributed by atoms with E-state index in [1.807, 2.05) is 26.0 Å². The molecule has 1 aliphatic rings. The Bertz CT molecular complexity index is 945. The molecule has 8 heteroatoms. The van der Waals surface area contributed by atoms with Gasteiger partial charge in [0, 0.05) is 21.0 Å². The number of amides is 1. The molecule has 132 valence electrons. The van der Waals surface area contributed by atoms with Crippen LogP contribution in [0, 0.1) is 12.8 Å². The fourth-order valence-corrected chi connectivity index (χ4v) is 5.19. The zero-order chi connectivity index (χ0) is 18.2. The molecule has 25 heavy (non-hydrogen) atoms. The smallest absolute Gasteiger partial charge is 0.262 e. The van der Waals surface area contributed by atoms with Crippen LogP contribution < -0.4 is 10.0 Å². The van der Waals surface area contributed by atoms with Crippen molar-refractivity contribution in [3.05, 3.63) is 46.4 Å². The predicted molar refractivity (Wildman–Crippen MR) is 105 cm³/mol. The highest BCUT2D eigenvalue weighted by Gasteiger charge is 2.23. The second-order valence-corrected chi connectivity index (χ2v) is 9.55. The lowest BCUT2D eigenvalue weighted by molar-refractivity contribution is -0.118. The highest BCUT2D eigenvalue weighted by Crippen LogP contribution is 2.35. The van der Waals surface area contributed by atoms with Gasteiger partial charge in [0.2, 0.25) is 5.91 Å². The molecule has 3 rings (SSSR count). The highest BCUT2D eigenvalue weighted by atomic mass is 79.9. The third-order valence-corrected chi connectivity index (χ3v) is 7.18. The summed E-state index contributed by atoms with van der Waals surface area (Å²) in [5, 5.41) is 2.81. The first-order valence-electron chi connectivity index (χ1n) is 7.63. The summed E-state index contributed by atoms with van der Waals surface area (Å²) in [7, 11) is -3.77. The molecule has 0 saturated carbocycles. The van der Waals surface area contributed by atoms with E-state index in [0.717, 1.165) is 10.5 Å². The highest BCUT2D eigenvalue weighted by molar-refractivity contribution is 9.10. The molecule has 5 nitrogen and oxygen atoms in total. The second kappa shape index (κ2) is 7.01. The van der Waals surface area contributed by atoms with E-state index in [2.05, 4.69) is 26.0 Å². The number of sulfonamides is 1. The van der Waals surface area contributed by atoms with Crippen molar-refractivity contribution in [2.24, 2.45) is 5.92 Å². The zero-order valence-electron chi connectivity index (χ0n) is 13.7. The molecule has 1 unspecified atom stereocenters. The normalized spacial score (nSPS) is 17.4. The van der Waals surface area contributed by atoms with E-state index in [9.17, 15) is 13.2 Å². The Morgan fingerprint density at radius 2 is 2.00 bits per heavy atom. The standard InChI is InChI=1S/C17H17BrN2O3S2/c1-10-3-5-14(13(18)7-10)20-25(22,23)12-4-6-16-15(8-12)19-17(21)11(2)9-24-16/h3-8,11,20H,9H2,1-2H3,(H,19,21). The number of fused-ring (bicyclic) bond motifs is 1. The maximum Gasteiger partial charge on any atom is 0.262 e. The summed E-state index contributed by atoms with van der Waals surface area (Å²) in [5.41, 5.74) is 2.02. The van der Waals surface area contributed by atoms with Crippen molar-refractivity contribution >= 4 is 55.0 Å². The van der Waals surface area contributed by atoms with E-state index >= 15 is 0 Å². The molecule has 0 saturated heterocycles. The van der Waals surface area contributed by atoms with E-state index in [0.29, 0.717) is 21.6 Å². The lowest BCUT2D eigenvalue weighted by Crippen LogP contribution is -2.20. The van der Waals surface area contributed by atoms with Gasteiger partial charge >= 0.3 is 0 Å². The molecule has 2 aromatic carbocycles. The first-order valence-corrected chi connectivity index (χ1v) is 10.9. The summed E-state index contributed by atoms with van der Waals surface area (Å²) in [4.78, 5) is 13.0. The van der Waals surface area contributed by atoms with Gasteiger partial charge in [-0.25, -0.2) is 8.42 Å². The average Bonchev–Trinajstić information content (AvgIpc) is 2.69. The molecular weight excluding hydrogens is 424 g/mol. The lowest BCUT2D eigenvalue weighted by atomic mass is 10.2. The quantitative estimate of drug-likeness (QED) is 0.747. The number of nitrogens with one attached hydrogen (secondary N) is 2. The van der Waals surface area contributed by atoms with Crippen LogP contribution in [0.4, 0.5) is 11.4 Å². The SMILES string of the molecule is Cc1ccc(NS(=O)(=O)c2ccc3c(c2)NC(=O)C(C)CS3)c(Br)c1. The van der Waals surface area contributed by atoms with Crippen molar-refractivity contribution in [1.82, 2.24) is 0 Å². The minimum absolute atomic E-state index is 0.102. The molecule has 0 bridgehead atoms. The van der Waals surface area contributed by atoms with Crippen LogP contribution in [0.2, 0.25) is 0 Å². The van der Waals surface area contributed by atoms with Crippen molar-refractivity contribution in [3.63, 3.8) is 0 Å². The van der Waals surface area contributed by atoms with Gasteiger partial charge in [-0.2, -0.15) is 0 Å². The molecule has 0 spiro atoms. The number of halogens is 1. The molecule has 2 aromatic rings. The summed E-state index contributed by atoms with van der Waals surface area (Å²) in [6, 6.07) is 10.2. The molecule has 1 aliphatic heterocycles. The van der Waals surface area contributed by atoms with Crippen molar-refractivity contribution in [2.45, 2.75) is 23.6 Å². The third kappa shape index (κ3) is 4.02. The fourth-order valence-electron chi connectivity index (χ4n) is 2.35. The number of aryl methyl sites for hydroxylation is 1. The molecule has 1 atom stereocenters. The van der Waals surface area contributed by atoms with Gasteiger partial charge in [-0.05, 0) is 58.7 Å². The first kappa shape index (κ1) is 18.3. The number of rotatable bonds is 3. The number of hydrogen-bond donors (Lipinski definition) is 2. The van der Waals surface area contributed by atoms with Crippen molar-refractivity contribution in [2.75, 3.05) is 15.8 Å². The van der Waals surface area contributed by atoms with E-state index in [1.54, 1.807) is 30.0 Å². The van der Waals surface area contributed by atoms with Gasteiger partial charge in [-0.3, -0.25) is 9.52 Å². The summed E-state index contributed by atoms with van der Waals surface area (Å²) >= 11 is 4.91. The summed E-state index contributed by atoms with van der Waals surface area (Å²) < 4.78 is 28.7. The van der Waals surface area contributed by atoms with Crippen molar-refractivity contribution < 1.29 is 13.2 Å². The van der Waals surface area contributed by atoms with Crippen LogP contribution >= 0.6 is 27.7 Å². The molecule has 1 heterocycles. The molecule has 0 aliphatic carbocycles. The van der Waals surface area contributed by atoms with Crippen LogP contribution in [0.25, 0.3) is 0 Å². The van der Waals surface area contributed by atoms with Crippen LogP contribution in [-0.2, 0) is 14.8 Å². The third-order valence-electron chi connectivity index (χ3n) is 3.82. The molecule has 0 radical (unpaired) electrons. The molecule has 2 N–H and O–H groups in total. The Kier molecular flexibility index (Phi) is 5.13. The van der Waals surface area contributed by atoms with Gasteiger partial charge in [0.1, 0.15) is 0 Å². The second-order valence-electron chi connectivity index (χ2n) is 5.95. The largest absolute Gasteiger partial charge is 0.325 e. The molecule has 1 amide bonds. The van der Waals surface area contributed by atoms with Gasteiger partial charge in [0.05, 0.1) is 16.3 Å². The van der Waals surface area contributed by atoms with Gasteiger partial charge in [-0.15, -0.1) is 11.8 Å². The maximum absolute atomic E-state index is 12.7. The number of carbonyl (C=O) groups excluding carboxylic acids is 1. The minimum atomic E-state index is -3.77. The number of carbonyl (C=O) groups is 1. The van der Waals surface area contributed by atoms with Gasteiger partial charge in [-0.1, -0.05) is 13.0 Å². The van der Waals surface area contributed by atoms with Crippen LogP contribution in [0.5, 0.6) is 0 Å². The summed E-state index contributed by atoms with van der Waals surface area (Å²) in [6.45, 7) is 3.78. The Morgan fingerprint density at radius 1 is 1.24 bits per heavy atom. The minimum Gasteiger partial charge on any atom is -0.325 e. The fraction of sp³-hybridized carbons (Fsp3) is 0.235. The molecule has 0 aromatic heterocycles. The van der Waals surface area contributed by atoms with Crippen LogP contribution in [0.15, 0.2) is 50.7 Å². The zero-order valence-corrected chi connectivity index (χ0v) is 16.9. The summed E-state index contributed by atoms with van der Waals surface area (Å²) in [5.74, 6) is 0.439. The van der Waals surface area contributed by atoms with Gasteiger partial charge in [0.25, 0.3) is 10.0 Å². The molecule has 0 fully saturated rings. The molecular formula is C17H17BrN2O3S2. The van der Waals surface area contributed by atoms with E-state index in [1.165, 1.54) is 6.07 Å². The van der Waals surface area contributed by atoms with Crippen LogP contribution in [0.3, 0.4) is 0 Å². The van der Waals surface area contributed by atoms with Crippen LogP contribution in [0.1, 0.15) is 12.5 Å². The Hall–Kier alpha value is -1.51. The first-order chi connectivity index (χ1) is 11.8. The van der Waals surface area contributed by atoms with E-state index < -0.39 is 10.0 Å². The van der Waals surface area contributed by atoms with E-state index in [-0.39, 0.29) is 16.7 Å². The monoisotopic (exact) mass is 440 g/mol. The number of benzene rings is 2. The Balaban J connectivity index is 1.93. The number of thioether (sulfide) groups is 1. The number of hydrogen-bond acceptors (Lipinski definition) is 4.